The van der Waals surface area contributed by atoms with Gasteiger partial charge in [0.25, 0.3) is 0 Å². The quantitative estimate of drug-likeness (QED) is 0.281. The lowest BCUT2D eigenvalue weighted by Crippen LogP contribution is -2.45. The van der Waals surface area contributed by atoms with Crippen molar-refractivity contribution in [3.8, 4) is 16.9 Å². The SMILES string of the molecule is CSC(C)=Nc1ccc(-n2ncnc2C2CC(n3cc(-c4cccc(F)c4C)nn3)C(O)C(CO)O2)cc1. The van der Waals surface area contributed by atoms with Gasteiger partial charge in [-0.15, -0.1) is 16.9 Å². The van der Waals surface area contributed by atoms with E-state index in [1.165, 1.54) is 12.4 Å². The number of aliphatic imine (C=N–C) groups is 1. The summed E-state index contributed by atoms with van der Waals surface area (Å²) in [5.41, 5.74) is 3.17. The minimum atomic E-state index is -1.05. The van der Waals surface area contributed by atoms with Gasteiger partial charge < -0.3 is 14.9 Å². The van der Waals surface area contributed by atoms with Crippen LogP contribution in [0.3, 0.4) is 0 Å². The molecular formula is C26H28FN7O3S. The van der Waals surface area contributed by atoms with Gasteiger partial charge in [0.05, 0.1) is 35.3 Å². The predicted molar refractivity (Wildman–Crippen MR) is 142 cm³/mol. The molecule has 5 rings (SSSR count). The van der Waals surface area contributed by atoms with Gasteiger partial charge in [-0.05, 0) is 56.0 Å². The van der Waals surface area contributed by atoms with Gasteiger partial charge in [0.1, 0.15) is 36.2 Å². The number of aromatic nitrogens is 6. The molecule has 0 amide bonds. The summed E-state index contributed by atoms with van der Waals surface area (Å²) in [7, 11) is 0. The lowest BCUT2D eigenvalue weighted by molar-refractivity contribution is -0.161. The molecule has 2 aromatic heterocycles. The van der Waals surface area contributed by atoms with Crippen LogP contribution in [0.5, 0.6) is 0 Å². The summed E-state index contributed by atoms with van der Waals surface area (Å²) in [6.07, 6.45) is 2.88. The number of benzene rings is 2. The standard InChI is InChI=1S/C26H28FN7O3S/c1-15-19(5-4-6-20(15)27)21-12-33(32-31-21)22-11-23(37-24(13-35)25(22)36)26-28-14-29-34(26)18-9-7-17(8-10-18)30-16(2)38-3/h4-10,12,14,22-25,35-36H,11,13H2,1-3H3. The maximum Gasteiger partial charge on any atom is 0.161 e. The summed E-state index contributed by atoms with van der Waals surface area (Å²) < 4.78 is 23.4. The molecule has 4 aromatic rings. The van der Waals surface area contributed by atoms with Crippen molar-refractivity contribution in [2.45, 2.75) is 44.6 Å². The third kappa shape index (κ3) is 5.12. The number of ether oxygens (including phenoxy) is 1. The molecule has 4 atom stereocenters. The van der Waals surface area contributed by atoms with Crippen LogP contribution in [0.15, 0.2) is 60.0 Å². The number of aliphatic hydroxyl groups is 2. The topological polar surface area (TPSA) is 123 Å². The first-order chi connectivity index (χ1) is 18.4. The van der Waals surface area contributed by atoms with Crippen molar-refractivity contribution in [2.75, 3.05) is 12.9 Å². The molecule has 1 fully saturated rings. The van der Waals surface area contributed by atoms with E-state index in [0.29, 0.717) is 29.1 Å². The van der Waals surface area contributed by atoms with Gasteiger partial charge in [-0.3, -0.25) is 0 Å². The van der Waals surface area contributed by atoms with Crippen molar-refractivity contribution in [1.82, 2.24) is 29.8 Å². The Hall–Kier alpha value is -3.45. The summed E-state index contributed by atoms with van der Waals surface area (Å²) in [5, 5.41) is 34.8. The van der Waals surface area contributed by atoms with Crippen LogP contribution < -0.4 is 0 Å². The van der Waals surface area contributed by atoms with E-state index in [9.17, 15) is 14.6 Å². The van der Waals surface area contributed by atoms with E-state index in [1.54, 1.807) is 46.4 Å². The summed E-state index contributed by atoms with van der Waals surface area (Å²) >= 11 is 1.58. The Kier molecular flexibility index (Phi) is 7.65. The van der Waals surface area contributed by atoms with Crippen LogP contribution in [0.25, 0.3) is 16.9 Å². The van der Waals surface area contributed by atoms with Gasteiger partial charge in [0, 0.05) is 12.0 Å². The average molecular weight is 538 g/mol. The van der Waals surface area contributed by atoms with Crippen LogP contribution in [0.2, 0.25) is 0 Å². The Labute approximate surface area is 223 Å². The first-order valence-electron chi connectivity index (χ1n) is 12.1. The van der Waals surface area contributed by atoms with E-state index in [0.717, 1.165) is 16.4 Å². The minimum absolute atomic E-state index is 0.302. The number of nitrogens with zero attached hydrogens (tertiary/aromatic N) is 7. The van der Waals surface area contributed by atoms with E-state index < -0.39 is 31.0 Å². The zero-order valence-corrected chi connectivity index (χ0v) is 22.0. The van der Waals surface area contributed by atoms with Crippen molar-refractivity contribution < 1.29 is 19.3 Å². The summed E-state index contributed by atoms with van der Waals surface area (Å²) in [6.45, 7) is 3.24. The largest absolute Gasteiger partial charge is 0.394 e. The number of hydrogen-bond acceptors (Lipinski definition) is 9. The van der Waals surface area contributed by atoms with E-state index in [1.807, 2.05) is 37.4 Å². The fourth-order valence-corrected chi connectivity index (χ4v) is 4.74. The van der Waals surface area contributed by atoms with Crippen LogP contribution in [0.4, 0.5) is 10.1 Å². The van der Waals surface area contributed by atoms with Crippen LogP contribution in [-0.2, 0) is 4.74 Å². The fourth-order valence-electron chi connectivity index (χ4n) is 4.55. The van der Waals surface area contributed by atoms with Crippen molar-refractivity contribution in [2.24, 2.45) is 4.99 Å². The molecule has 12 heteroatoms. The Morgan fingerprint density at radius 3 is 2.76 bits per heavy atom. The fraction of sp³-hybridized carbons (Fsp3) is 0.346. The second kappa shape index (κ2) is 11.1. The maximum absolute atomic E-state index is 14.1. The van der Waals surface area contributed by atoms with Crippen LogP contribution >= 0.6 is 11.8 Å². The highest BCUT2D eigenvalue weighted by Crippen LogP contribution is 2.38. The third-order valence-corrected chi connectivity index (χ3v) is 7.36. The second-order valence-corrected chi connectivity index (χ2v) is 10.0. The van der Waals surface area contributed by atoms with Gasteiger partial charge in [-0.2, -0.15) is 5.10 Å². The number of hydrogen-bond donors (Lipinski definition) is 2. The molecule has 0 aliphatic carbocycles. The molecule has 1 aliphatic heterocycles. The van der Waals surface area contributed by atoms with E-state index >= 15 is 0 Å². The number of aliphatic hydroxyl groups excluding tert-OH is 2. The van der Waals surface area contributed by atoms with Gasteiger partial charge in [0.2, 0.25) is 0 Å². The average Bonchev–Trinajstić information content (AvgIpc) is 3.61. The Bertz CT molecular complexity index is 1440. The van der Waals surface area contributed by atoms with Crippen LogP contribution in [-0.4, -0.2) is 70.1 Å². The second-order valence-electron chi connectivity index (χ2n) is 9.02. The smallest absolute Gasteiger partial charge is 0.161 e. The minimum Gasteiger partial charge on any atom is -0.394 e. The first kappa shape index (κ1) is 26.2. The molecule has 0 radical (unpaired) electrons. The van der Waals surface area contributed by atoms with Crippen molar-refractivity contribution in [1.29, 1.82) is 0 Å². The van der Waals surface area contributed by atoms with Gasteiger partial charge in [-0.1, -0.05) is 17.3 Å². The van der Waals surface area contributed by atoms with Gasteiger partial charge in [0.15, 0.2) is 5.82 Å². The molecule has 198 valence electrons. The molecule has 2 N–H and O–H groups in total. The molecule has 38 heavy (non-hydrogen) atoms. The molecule has 1 aliphatic rings. The number of thioether (sulfide) groups is 1. The van der Waals surface area contributed by atoms with E-state index in [2.05, 4.69) is 25.4 Å². The molecule has 4 unspecified atom stereocenters. The Balaban J connectivity index is 1.43. The maximum atomic E-state index is 14.1. The summed E-state index contributed by atoms with van der Waals surface area (Å²) in [4.78, 5) is 8.98. The highest BCUT2D eigenvalue weighted by atomic mass is 32.2. The van der Waals surface area contributed by atoms with Crippen LogP contribution in [0, 0.1) is 12.7 Å². The van der Waals surface area contributed by atoms with Crippen molar-refractivity contribution in [3.63, 3.8) is 0 Å². The van der Waals surface area contributed by atoms with Crippen LogP contribution in [0.1, 0.15) is 36.9 Å². The highest BCUT2D eigenvalue weighted by Gasteiger charge is 2.41. The molecule has 10 nitrogen and oxygen atoms in total. The molecule has 1 saturated heterocycles. The van der Waals surface area contributed by atoms with Gasteiger partial charge >= 0.3 is 0 Å². The zero-order valence-electron chi connectivity index (χ0n) is 21.1. The van der Waals surface area contributed by atoms with Crippen molar-refractivity contribution >= 4 is 22.5 Å². The highest BCUT2D eigenvalue weighted by molar-refractivity contribution is 8.13. The first-order valence-corrected chi connectivity index (χ1v) is 13.3. The predicted octanol–water partition coefficient (Wildman–Crippen LogP) is 3.81. The molecule has 0 bridgehead atoms. The molecular weight excluding hydrogens is 509 g/mol. The number of rotatable bonds is 6. The molecule has 2 aromatic carbocycles. The monoisotopic (exact) mass is 537 g/mol. The summed E-state index contributed by atoms with van der Waals surface area (Å²) in [6, 6.07) is 11.8. The molecule has 0 saturated carbocycles. The van der Waals surface area contributed by atoms with Crippen molar-refractivity contribution in [3.05, 3.63) is 72.2 Å². The number of halogens is 1. The Morgan fingerprint density at radius 2 is 2.03 bits per heavy atom. The van der Waals surface area contributed by atoms with E-state index in [4.69, 9.17) is 4.74 Å². The third-order valence-electron chi connectivity index (χ3n) is 6.68. The Morgan fingerprint density at radius 1 is 1.24 bits per heavy atom. The molecule has 3 heterocycles. The normalized spacial score (nSPS) is 22.1. The lowest BCUT2D eigenvalue weighted by Gasteiger charge is -2.38. The van der Waals surface area contributed by atoms with Gasteiger partial charge in [-0.25, -0.2) is 23.7 Å². The lowest BCUT2D eigenvalue weighted by atomic mass is 9.95. The summed E-state index contributed by atoms with van der Waals surface area (Å²) in [5.74, 6) is 0.195. The molecule has 0 spiro atoms. The zero-order chi connectivity index (χ0) is 26.8. The van der Waals surface area contributed by atoms with E-state index in [-0.39, 0.29) is 5.82 Å².